The van der Waals surface area contributed by atoms with Gasteiger partial charge in [-0.15, -0.1) is 0 Å². The van der Waals surface area contributed by atoms with Crippen molar-refractivity contribution in [2.24, 2.45) is 5.92 Å². The molecular weight excluding hydrogens is 573 g/mol. The van der Waals surface area contributed by atoms with Crippen molar-refractivity contribution >= 4 is 39.6 Å². The summed E-state index contributed by atoms with van der Waals surface area (Å²) in [5.74, 6) is -1.30. The molecule has 4 rings (SSSR count). The summed E-state index contributed by atoms with van der Waals surface area (Å²) in [4.78, 5) is 39.0. The molecule has 0 saturated carbocycles. The third kappa shape index (κ3) is 9.72. The number of hydrogen-bond acceptors (Lipinski definition) is 8. The summed E-state index contributed by atoms with van der Waals surface area (Å²) in [5.41, 5.74) is 0.643. The van der Waals surface area contributed by atoms with Crippen molar-refractivity contribution in [2.75, 3.05) is 25.2 Å². The maximum atomic E-state index is 13.6. The average Bonchev–Trinajstić information content (AvgIpc) is 2.94. The lowest BCUT2D eigenvalue weighted by molar-refractivity contribution is -0.144. The quantitative estimate of drug-likeness (QED) is 0.440. The zero-order valence-corrected chi connectivity index (χ0v) is 24.9. The van der Waals surface area contributed by atoms with E-state index in [2.05, 4.69) is 15.4 Å². The SMILES string of the molecule is COC(=O)[C@@H]1CSCCCCOc2ccc(cc2)C[C@H](NS(=O)(=O)c2ccc(F)cc2)C(=O)N[C@@H](C(C)C)C(=O)N1. The molecule has 0 radical (unpaired) electrons. The second-order valence-electron chi connectivity index (χ2n) is 9.92. The van der Waals surface area contributed by atoms with Crippen LogP contribution in [0.1, 0.15) is 32.3 Å². The lowest BCUT2D eigenvalue weighted by atomic mass is 10.0. The van der Waals surface area contributed by atoms with Gasteiger partial charge in [-0.25, -0.2) is 17.6 Å². The van der Waals surface area contributed by atoms with Crippen molar-refractivity contribution in [1.29, 1.82) is 0 Å². The third-order valence-corrected chi connectivity index (χ3v) is 9.02. The molecule has 2 aromatic rings. The van der Waals surface area contributed by atoms with Gasteiger partial charge in [-0.05, 0) is 72.9 Å². The van der Waals surface area contributed by atoms with E-state index in [1.807, 2.05) is 0 Å². The van der Waals surface area contributed by atoms with E-state index < -0.39 is 57.7 Å². The van der Waals surface area contributed by atoms with Gasteiger partial charge in [0.15, 0.2) is 0 Å². The standard InChI is InChI=1S/C28H36FN3O7S2/c1-18(2)25-27(34)30-24(28(35)38-3)17-40-15-5-4-14-39-21-10-6-19(7-11-21)16-23(26(33)31-25)32-41(36,37)22-12-8-20(29)9-13-22/h6-13,18,23-25,32H,4-5,14-17H2,1-3H3,(H,30,34)(H,31,33)/t23-,24-,25-/m0/s1. The second kappa shape index (κ2) is 15.2. The van der Waals surface area contributed by atoms with Gasteiger partial charge in [0.1, 0.15) is 29.7 Å². The Labute approximate surface area is 244 Å². The number of carbonyl (C=O) groups is 3. The molecule has 2 aromatic carbocycles. The maximum absolute atomic E-state index is 13.6. The van der Waals surface area contributed by atoms with Crippen LogP contribution in [-0.2, 0) is 35.6 Å². The van der Waals surface area contributed by atoms with Crippen molar-refractivity contribution in [2.45, 2.75) is 56.1 Å². The molecule has 2 amide bonds. The Hall–Kier alpha value is -3.16. The number of halogens is 1. The van der Waals surface area contributed by atoms with Crippen molar-refractivity contribution in [1.82, 2.24) is 15.4 Å². The number of esters is 1. The van der Waals surface area contributed by atoms with E-state index in [9.17, 15) is 27.2 Å². The van der Waals surface area contributed by atoms with Crippen LogP contribution in [0.5, 0.6) is 5.75 Å². The summed E-state index contributed by atoms with van der Waals surface area (Å²) >= 11 is 1.49. The van der Waals surface area contributed by atoms with E-state index in [0.29, 0.717) is 17.9 Å². The van der Waals surface area contributed by atoms with Gasteiger partial charge in [0.25, 0.3) is 0 Å². The van der Waals surface area contributed by atoms with Gasteiger partial charge in [0.05, 0.1) is 18.6 Å². The van der Waals surface area contributed by atoms with Gasteiger partial charge in [0, 0.05) is 5.75 Å². The fourth-order valence-electron chi connectivity index (χ4n) is 4.07. The largest absolute Gasteiger partial charge is 0.494 e. The van der Waals surface area contributed by atoms with Crippen molar-refractivity contribution in [3.8, 4) is 5.75 Å². The van der Waals surface area contributed by atoms with Crippen LogP contribution in [0.25, 0.3) is 0 Å². The molecule has 2 aliphatic heterocycles. The number of ether oxygens (including phenoxy) is 2. The molecule has 41 heavy (non-hydrogen) atoms. The van der Waals surface area contributed by atoms with E-state index in [-0.39, 0.29) is 17.1 Å². The number of carbonyl (C=O) groups excluding carboxylic acids is 3. The number of thioether (sulfide) groups is 1. The van der Waals surface area contributed by atoms with Crippen molar-refractivity contribution in [3.63, 3.8) is 0 Å². The molecule has 2 heterocycles. The van der Waals surface area contributed by atoms with Crippen LogP contribution in [0.4, 0.5) is 4.39 Å². The van der Waals surface area contributed by atoms with Gasteiger partial charge in [-0.2, -0.15) is 16.5 Å². The summed E-state index contributed by atoms with van der Waals surface area (Å²) in [6.45, 7) is 3.92. The Morgan fingerprint density at radius 2 is 1.73 bits per heavy atom. The molecule has 0 fully saturated rings. The molecule has 2 bridgehead atoms. The van der Waals surface area contributed by atoms with Crippen LogP contribution in [0.15, 0.2) is 53.4 Å². The third-order valence-electron chi connectivity index (χ3n) is 6.39. The summed E-state index contributed by atoms with van der Waals surface area (Å²) in [6, 6.07) is 7.84. The first-order valence-electron chi connectivity index (χ1n) is 13.3. The van der Waals surface area contributed by atoms with Gasteiger partial charge in [0.2, 0.25) is 21.8 Å². The molecule has 13 heteroatoms. The number of nitrogens with one attached hydrogen (secondary N) is 3. The maximum Gasteiger partial charge on any atom is 0.329 e. The lowest BCUT2D eigenvalue weighted by Crippen LogP contribution is -2.58. The summed E-state index contributed by atoms with van der Waals surface area (Å²) < 4.78 is 52.7. The molecule has 3 atom stereocenters. The summed E-state index contributed by atoms with van der Waals surface area (Å²) in [7, 11) is -3.01. The smallest absolute Gasteiger partial charge is 0.329 e. The molecule has 10 nitrogen and oxygen atoms in total. The van der Waals surface area contributed by atoms with Gasteiger partial charge in [-0.3, -0.25) is 9.59 Å². The summed E-state index contributed by atoms with van der Waals surface area (Å²) in [6.07, 6.45) is 1.58. The molecule has 0 aliphatic carbocycles. The number of benzene rings is 2. The Morgan fingerprint density at radius 3 is 2.37 bits per heavy atom. The van der Waals surface area contributed by atoms with E-state index in [4.69, 9.17) is 9.47 Å². The van der Waals surface area contributed by atoms with E-state index in [1.54, 1.807) is 38.1 Å². The topological polar surface area (TPSA) is 140 Å². The number of sulfonamides is 1. The predicted molar refractivity (Wildman–Crippen MR) is 153 cm³/mol. The van der Waals surface area contributed by atoms with Crippen LogP contribution in [0, 0.1) is 11.7 Å². The van der Waals surface area contributed by atoms with Gasteiger partial charge in [-0.1, -0.05) is 26.0 Å². The van der Waals surface area contributed by atoms with E-state index in [1.165, 1.54) is 18.9 Å². The molecule has 2 aliphatic rings. The first kappa shape index (κ1) is 32.4. The molecule has 0 unspecified atom stereocenters. The monoisotopic (exact) mass is 609 g/mol. The van der Waals surface area contributed by atoms with E-state index in [0.717, 1.165) is 42.9 Å². The van der Waals surface area contributed by atoms with Crippen LogP contribution in [0.2, 0.25) is 0 Å². The van der Waals surface area contributed by atoms with E-state index >= 15 is 0 Å². The normalized spacial score (nSPS) is 21.5. The number of rotatable bonds is 5. The minimum atomic E-state index is -4.24. The molecule has 0 aromatic heterocycles. The molecule has 224 valence electrons. The molecule has 0 spiro atoms. The number of amides is 2. The van der Waals surface area contributed by atoms with Gasteiger partial charge >= 0.3 is 5.97 Å². The summed E-state index contributed by atoms with van der Waals surface area (Å²) in [5, 5.41) is 5.34. The van der Waals surface area contributed by atoms with Crippen molar-refractivity contribution < 1.29 is 36.7 Å². The number of fused-ring (bicyclic) bond motifs is 16. The first-order valence-corrected chi connectivity index (χ1v) is 15.9. The average molecular weight is 610 g/mol. The molecule has 3 N–H and O–H groups in total. The zero-order valence-electron chi connectivity index (χ0n) is 23.2. The fourth-order valence-corrected chi connectivity index (χ4v) is 6.30. The Kier molecular flexibility index (Phi) is 12.0. The minimum absolute atomic E-state index is 0.0413. The minimum Gasteiger partial charge on any atom is -0.494 e. The number of hydrogen-bond donors (Lipinski definition) is 3. The highest BCUT2D eigenvalue weighted by molar-refractivity contribution is 7.99. The van der Waals surface area contributed by atoms with Crippen LogP contribution >= 0.6 is 11.8 Å². The fraction of sp³-hybridized carbons (Fsp3) is 0.464. The Bertz CT molecular complexity index is 1290. The number of methoxy groups -OCH3 is 1. The Morgan fingerprint density at radius 1 is 1.05 bits per heavy atom. The Balaban J connectivity index is 1.93. The van der Waals surface area contributed by atoms with Crippen molar-refractivity contribution in [3.05, 3.63) is 59.9 Å². The van der Waals surface area contributed by atoms with Gasteiger partial charge < -0.3 is 20.1 Å². The molecular formula is C28H36FN3O7S2. The zero-order chi connectivity index (χ0) is 30.0. The molecule has 0 saturated heterocycles. The lowest BCUT2D eigenvalue weighted by Gasteiger charge is -2.27. The van der Waals surface area contributed by atoms with Crippen LogP contribution < -0.4 is 20.1 Å². The highest BCUT2D eigenvalue weighted by Gasteiger charge is 2.33. The second-order valence-corrected chi connectivity index (χ2v) is 12.8. The first-order chi connectivity index (χ1) is 19.5. The predicted octanol–water partition coefficient (Wildman–Crippen LogP) is 2.42. The highest BCUT2D eigenvalue weighted by Crippen LogP contribution is 2.17. The van der Waals surface area contributed by atoms with Crippen LogP contribution in [0.3, 0.4) is 0 Å². The van der Waals surface area contributed by atoms with Crippen LogP contribution in [-0.4, -0.2) is 69.5 Å². The highest BCUT2D eigenvalue weighted by atomic mass is 32.2.